The Hall–Kier alpha value is -3.63. The third-order valence-electron chi connectivity index (χ3n) is 6.40. The average Bonchev–Trinajstić information content (AvgIpc) is 3.50. The molecule has 0 saturated carbocycles. The standard InChI is InChI=1S/C25H30N6O4/c1-16-11-17(3-6-26-16)25-29-21(15-35-25)24(33)28-20-12-18-14-27-31(9-10-34-2)22(18)13-23(20)30-7-4-19(32)5-8-30/h3,6,11-15,19,25,29,32H,4-5,7-10H2,1-2H3,(H,28,33). The Morgan fingerprint density at radius 2 is 2.14 bits per heavy atom. The predicted octanol–water partition coefficient (Wildman–Crippen LogP) is 2.45. The molecule has 1 saturated heterocycles. The molecule has 184 valence electrons. The number of amides is 1. The number of piperidine rings is 1. The summed E-state index contributed by atoms with van der Waals surface area (Å²) in [5.74, 6) is -0.289. The van der Waals surface area contributed by atoms with Gasteiger partial charge in [0.15, 0.2) is 6.23 Å². The van der Waals surface area contributed by atoms with Gasteiger partial charge in [0.05, 0.1) is 42.3 Å². The fraction of sp³-hybridized carbons (Fsp3) is 0.400. The van der Waals surface area contributed by atoms with E-state index in [1.165, 1.54) is 6.26 Å². The Morgan fingerprint density at radius 1 is 1.31 bits per heavy atom. The quantitative estimate of drug-likeness (QED) is 0.475. The van der Waals surface area contributed by atoms with Gasteiger partial charge < -0.3 is 30.1 Å². The molecule has 0 radical (unpaired) electrons. The summed E-state index contributed by atoms with van der Waals surface area (Å²) >= 11 is 0. The van der Waals surface area contributed by atoms with Gasteiger partial charge in [-0.15, -0.1) is 0 Å². The number of anilines is 2. The predicted molar refractivity (Wildman–Crippen MR) is 132 cm³/mol. The maximum Gasteiger partial charge on any atom is 0.275 e. The summed E-state index contributed by atoms with van der Waals surface area (Å²) in [6.07, 6.45) is 5.60. The number of aryl methyl sites for hydroxylation is 1. The van der Waals surface area contributed by atoms with Gasteiger partial charge in [-0.3, -0.25) is 14.5 Å². The fourth-order valence-corrected chi connectivity index (χ4v) is 4.49. The van der Waals surface area contributed by atoms with Crippen molar-refractivity contribution in [3.05, 3.63) is 59.9 Å². The van der Waals surface area contributed by atoms with Crippen LogP contribution in [0.1, 0.15) is 30.3 Å². The SMILES string of the molecule is COCCn1ncc2cc(NC(=O)C3=COC(c4ccnc(C)c4)N3)c(N3CCC(O)CC3)cc21. The summed E-state index contributed by atoms with van der Waals surface area (Å²) in [7, 11) is 1.67. The molecule has 10 nitrogen and oxygen atoms in total. The van der Waals surface area contributed by atoms with E-state index in [-0.39, 0.29) is 12.0 Å². The Morgan fingerprint density at radius 3 is 2.91 bits per heavy atom. The highest BCUT2D eigenvalue weighted by atomic mass is 16.5. The van der Waals surface area contributed by atoms with Gasteiger partial charge in [-0.25, -0.2) is 0 Å². The van der Waals surface area contributed by atoms with Crippen molar-refractivity contribution in [1.29, 1.82) is 0 Å². The van der Waals surface area contributed by atoms with Crippen molar-refractivity contribution in [3.63, 3.8) is 0 Å². The molecule has 2 aromatic heterocycles. The minimum atomic E-state index is -0.443. The van der Waals surface area contributed by atoms with Crippen LogP contribution in [0.5, 0.6) is 0 Å². The van der Waals surface area contributed by atoms with Crippen molar-refractivity contribution in [3.8, 4) is 0 Å². The first-order valence-electron chi connectivity index (χ1n) is 11.8. The second-order valence-corrected chi connectivity index (χ2v) is 8.88. The van der Waals surface area contributed by atoms with Crippen LogP contribution in [0.2, 0.25) is 0 Å². The molecule has 1 unspecified atom stereocenters. The number of nitrogens with zero attached hydrogens (tertiary/aromatic N) is 4. The van der Waals surface area contributed by atoms with Crippen LogP contribution in [0.25, 0.3) is 10.9 Å². The minimum Gasteiger partial charge on any atom is -0.472 e. The van der Waals surface area contributed by atoms with Crippen LogP contribution in [0.4, 0.5) is 11.4 Å². The maximum absolute atomic E-state index is 13.2. The molecular weight excluding hydrogens is 448 g/mol. The van der Waals surface area contributed by atoms with Crippen LogP contribution in [-0.4, -0.2) is 58.7 Å². The zero-order chi connectivity index (χ0) is 24.4. The number of carbonyl (C=O) groups excluding carboxylic acids is 1. The summed E-state index contributed by atoms with van der Waals surface area (Å²) in [6, 6.07) is 7.78. The Bertz CT molecular complexity index is 1250. The average molecular weight is 479 g/mol. The van der Waals surface area contributed by atoms with Gasteiger partial charge in [0.1, 0.15) is 12.0 Å². The molecule has 2 aliphatic heterocycles. The van der Waals surface area contributed by atoms with Crippen LogP contribution in [0, 0.1) is 6.92 Å². The number of nitrogens with one attached hydrogen (secondary N) is 2. The first-order chi connectivity index (χ1) is 17.0. The number of hydrogen-bond donors (Lipinski definition) is 3. The van der Waals surface area contributed by atoms with E-state index in [2.05, 4.69) is 31.7 Å². The highest BCUT2D eigenvalue weighted by molar-refractivity contribution is 6.07. The number of hydrogen-bond acceptors (Lipinski definition) is 8. The lowest BCUT2D eigenvalue weighted by molar-refractivity contribution is -0.113. The fourth-order valence-electron chi connectivity index (χ4n) is 4.49. The molecule has 1 atom stereocenters. The largest absolute Gasteiger partial charge is 0.472 e. The normalized spacial score (nSPS) is 18.3. The molecule has 3 aromatic rings. The molecule has 1 fully saturated rings. The van der Waals surface area contributed by atoms with E-state index in [4.69, 9.17) is 9.47 Å². The highest BCUT2D eigenvalue weighted by Crippen LogP contribution is 2.34. The summed E-state index contributed by atoms with van der Waals surface area (Å²) in [6.45, 7) is 4.51. The lowest BCUT2D eigenvalue weighted by atomic mass is 10.1. The molecule has 1 amide bonds. The summed E-state index contributed by atoms with van der Waals surface area (Å²) in [5.41, 5.74) is 4.68. The number of aliphatic hydroxyl groups excluding tert-OH is 1. The van der Waals surface area contributed by atoms with Gasteiger partial charge in [0.2, 0.25) is 0 Å². The number of carbonyl (C=O) groups is 1. The van der Waals surface area contributed by atoms with Crippen molar-refractivity contribution in [1.82, 2.24) is 20.1 Å². The minimum absolute atomic E-state index is 0.289. The molecule has 4 heterocycles. The van der Waals surface area contributed by atoms with E-state index in [1.54, 1.807) is 19.5 Å². The van der Waals surface area contributed by atoms with E-state index in [1.807, 2.05) is 29.8 Å². The Labute approximate surface area is 203 Å². The second-order valence-electron chi connectivity index (χ2n) is 8.88. The lowest BCUT2D eigenvalue weighted by Crippen LogP contribution is -2.36. The van der Waals surface area contributed by atoms with Crippen molar-refractivity contribution >= 4 is 28.2 Å². The Kier molecular flexibility index (Phi) is 6.56. The van der Waals surface area contributed by atoms with Gasteiger partial charge in [-0.2, -0.15) is 5.10 Å². The van der Waals surface area contributed by atoms with Gasteiger partial charge >= 0.3 is 0 Å². The molecular formula is C25H30N6O4. The molecule has 1 aromatic carbocycles. The molecule has 35 heavy (non-hydrogen) atoms. The van der Waals surface area contributed by atoms with Gasteiger partial charge in [-0.1, -0.05) is 0 Å². The first kappa shape index (κ1) is 23.1. The number of fused-ring (bicyclic) bond motifs is 1. The van der Waals surface area contributed by atoms with Crippen molar-refractivity contribution < 1.29 is 19.4 Å². The van der Waals surface area contributed by atoms with Crippen LogP contribution >= 0.6 is 0 Å². The van der Waals surface area contributed by atoms with E-state index >= 15 is 0 Å². The van der Waals surface area contributed by atoms with Gasteiger partial charge in [-0.05, 0) is 44.0 Å². The van der Waals surface area contributed by atoms with Crippen LogP contribution in [0.15, 0.2) is 48.6 Å². The zero-order valence-corrected chi connectivity index (χ0v) is 19.9. The summed E-state index contributed by atoms with van der Waals surface area (Å²) < 4.78 is 12.8. The van der Waals surface area contributed by atoms with Gasteiger partial charge in [0.25, 0.3) is 5.91 Å². The van der Waals surface area contributed by atoms with E-state index in [0.717, 1.165) is 27.8 Å². The van der Waals surface area contributed by atoms with E-state index in [0.29, 0.717) is 50.5 Å². The molecule has 0 bridgehead atoms. The summed E-state index contributed by atoms with van der Waals surface area (Å²) in [5, 5.41) is 21.6. The van der Waals surface area contributed by atoms with E-state index < -0.39 is 6.23 Å². The molecule has 0 aliphatic carbocycles. The number of rotatable bonds is 7. The third kappa shape index (κ3) is 4.94. The van der Waals surface area contributed by atoms with Crippen molar-refractivity contribution in [2.45, 2.75) is 38.6 Å². The smallest absolute Gasteiger partial charge is 0.275 e. The third-order valence-corrected chi connectivity index (χ3v) is 6.40. The monoisotopic (exact) mass is 478 g/mol. The van der Waals surface area contributed by atoms with Crippen LogP contribution in [0.3, 0.4) is 0 Å². The molecule has 2 aliphatic rings. The number of methoxy groups -OCH3 is 1. The number of ether oxygens (including phenoxy) is 2. The maximum atomic E-state index is 13.2. The number of aliphatic hydroxyl groups is 1. The second kappa shape index (κ2) is 9.93. The topological polar surface area (TPSA) is 114 Å². The van der Waals surface area contributed by atoms with Crippen LogP contribution in [-0.2, 0) is 20.8 Å². The number of aromatic nitrogens is 3. The lowest BCUT2D eigenvalue weighted by Gasteiger charge is -2.33. The van der Waals surface area contributed by atoms with Crippen LogP contribution < -0.4 is 15.5 Å². The Balaban J connectivity index is 1.39. The zero-order valence-electron chi connectivity index (χ0n) is 19.9. The molecule has 3 N–H and O–H groups in total. The highest BCUT2D eigenvalue weighted by Gasteiger charge is 2.26. The van der Waals surface area contributed by atoms with Crippen molar-refractivity contribution in [2.75, 3.05) is 37.0 Å². The van der Waals surface area contributed by atoms with E-state index in [9.17, 15) is 9.90 Å². The van der Waals surface area contributed by atoms with Gasteiger partial charge in [0, 0.05) is 43.0 Å². The molecule has 0 spiro atoms. The summed E-state index contributed by atoms with van der Waals surface area (Å²) in [4.78, 5) is 19.6. The van der Waals surface area contributed by atoms with Crippen molar-refractivity contribution in [2.24, 2.45) is 0 Å². The number of pyridine rings is 1. The molecule has 5 rings (SSSR count). The first-order valence-corrected chi connectivity index (χ1v) is 11.8. The molecule has 10 heteroatoms. The number of benzene rings is 1.